The molecule has 1 atom stereocenters. The Bertz CT molecular complexity index is 646. The second-order valence-electron chi connectivity index (χ2n) is 7.81. The van der Waals surface area contributed by atoms with Crippen LogP contribution in [0.3, 0.4) is 0 Å². The van der Waals surface area contributed by atoms with Crippen molar-refractivity contribution in [2.75, 3.05) is 53.5 Å². The molecule has 2 aliphatic rings. The normalized spacial score (nSPS) is 25.1. The summed E-state index contributed by atoms with van der Waals surface area (Å²) in [5.41, 5.74) is 1.30. The molecule has 7 nitrogen and oxygen atoms in total. The van der Waals surface area contributed by atoms with E-state index in [4.69, 9.17) is 4.74 Å². The minimum atomic E-state index is 0.0706. The van der Waals surface area contributed by atoms with E-state index in [1.54, 1.807) is 7.11 Å². The lowest BCUT2D eigenvalue weighted by molar-refractivity contribution is -0.130. The fourth-order valence-electron chi connectivity index (χ4n) is 4.36. The minimum absolute atomic E-state index is 0.0706. The van der Waals surface area contributed by atoms with Crippen LogP contribution in [-0.4, -0.2) is 89.2 Å². The van der Waals surface area contributed by atoms with E-state index in [0.717, 1.165) is 52.1 Å². The Morgan fingerprint density at radius 3 is 2.96 bits per heavy atom. The number of hydrogen-bond donors (Lipinski definition) is 0. The van der Waals surface area contributed by atoms with Crippen LogP contribution in [0.2, 0.25) is 0 Å². The molecule has 0 aliphatic carbocycles. The van der Waals surface area contributed by atoms with Crippen molar-refractivity contribution in [3.8, 4) is 0 Å². The minimum Gasteiger partial charge on any atom is -0.383 e. The largest absolute Gasteiger partial charge is 0.383 e. The Kier molecular flexibility index (Phi) is 6.68. The van der Waals surface area contributed by atoms with Gasteiger partial charge in [-0.1, -0.05) is 6.08 Å². The predicted octanol–water partition coefficient (Wildman–Crippen LogP) is 1.21. The van der Waals surface area contributed by atoms with Gasteiger partial charge in [0.05, 0.1) is 18.6 Å². The molecular weight excluding hydrogens is 342 g/mol. The molecule has 0 aromatic carbocycles. The Hall–Kier alpha value is -1.70. The third-order valence-electron chi connectivity index (χ3n) is 6.15. The maximum Gasteiger partial charge on any atom is 0.222 e. The maximum atomic E-state index is 12.4. The Labute approximate surface area is 162 Å². The summed E-state index contributed by atoms with van der Waals surface area (Å²) in [6, 6.07) is 0. The third kappa shape index (κ3) is 4.59. The summed E-state index contributed by atoms with van der Waals surface area (Å²) in [7, 11) is 3.94. The first-order valence-corrected chi connectivity index (χ1v) is 9.88. The van der Waals surface area contributed by atoms with Gasteiger partial charge in [-0.25, -0.2) is 4.98 Å². The molecule has 2 saturated heterocycles. The van der Waals surface area contributed by atoms with Crippen LogP contribution in [0, 0.1) is 0 Å². The van der Waals surface area contributed by atoms with Crippen molar-refractivity contribution in [1.82, 2.24) is 24.3 Å². The first-order valence-electron chi connectivity index (χ1n) is 9.88. The highest BCUT2D eigenvalue weighted by Crippen LogP contribution is 2.32. The predicted molar refractivity (Wildman–Crippen MR) is 105 cm³/mol. The monoisotopic (exact) mass is 375 g/mol. The molecule has 0 bridgehead atoms. The van der Waals surface area contributed by atoms with Crippen molar-refractivity contribution >= 4 is 5.91 Å². The quantitative estimate of drug-likeness (QED) is 0.671. The molecule has 3 rings (SSSR count). The van der Waals surface area contributed by atoms with Gasteiger partial charge in [-0.15, -0.1) is 6.58 Å². The number of piperazine rings is 1. The zero-order valence-electron chi connectivity index (χ0n) is 16.8. The first kappa shape index (κ1) is 20.0. The third-order valence-corrected chi connectivity index (χ3v) is 6.15. The highest BCUT2D eigenvalue weighted by molar-refractivity contribution is 5.76. The Morgan fingerprint density at radius 2 is 2.19 bits per heavy atom. The molecule has 0 saturated carbocycles. The van der Waals surface area contributed by atoms with Gasteiger partial charge in [0.25, 0.3) is 0 Å². The molecule has 0 radical (unpaired) electrons. The number of aromatic nitrogens is 2. The summed E-state index contributed by atoms with van der Waals surface area (Å²) >= 11 is 0. The van der Waals surface area contributed by atoms with E-state index in [-0.39, 0.29) is 11.4 Å². The molecule has 3 heterocycles. The Morgan fingerprint density at radius 1 is 1.33 bits per heavy atom. The van der Waals surface area contributed by atoms with Crippen LogP contribution in [0.1, 0.15) is 25.0 Å². The van der Waals surface area contributed by atoms with Gasteiger partial charge in [0, 0.05) is 71.1 Å². The van der Waals surface area contributed by atoms with Gasteiger partial charge in [-0.2, -0.15) is 0 Å². The van der Waals surface area contributed by atoms with Gasteiger partial charge in [-0.3, -0.25) is 14.6 Å². The molecule has 0 N–H and O–H groups in total. The van der Waals surface area contributed by atoms with Crippen molar-refractivity contribution < 1.29 is 9.53 Å². The molecule has 150 valence electrons. The molecular formula is C20H33N5O2. The molecule has 1 spiro atoms. The van der Waals surface area contributed by atoms with Crippen LogP contribution >= 0.6 is 0 Å². The number of carbonyl (C=O) groups excluding carboxylic acids is 1. The smallest absolute Gasteiger partial charge is 0.222 e. The number of likely N-dealkylation sites (N-methyl/N-ethyl adjacent to an activating group) is 1. The van der Waals surface area contributed by atoms with Crippen LogP contribution in [-0.2, 0) is 22.6 Å². The van der Waals surface area contributed by atoms with Crippen molar-refractivity contribution in [1.29, 1.82) is 0 Å². The number of carbonyl (C=O) groups is 1. The first-order chi connectivity index (χ1) is 13.1. The number of nitrogens with zero attached hydrogens (tertiary/aromatic N) is 5. The summed E-state index contributed by atoms with van der Waals surface area (Å²) in [5, 5.41) is 0. The summed E-state index contributed by atoms with van der Waals surface area (Å²) in [6.07, 6.45) is 8.24. The number of methoxy groups -OCH3 is 1. The zero-order valence-corrected chi connectivity index (χ0v) is 16.8. The van der Waals surface area contributed by atoms with E-state index < -0.39 is 0 Å². The van der Waals surface area contributed by atoms with Gasteiger partial charge in [-0.05, 0) is 19.9 Å². The van der Waals surface area contributed by atoms with Crippen LogP contribution in [0.4, 0.5) is 0 Å². The number of imidazole rings is 1. The van der Waals surface area contributed by atoms with Gasteiger partial charge in [0.15, 0.2) is 0 Å². The van der Waals surface area contributed by atoms with Gasteiger partial charge in [0.1, 0.15) is 0 Å². The van der Waals surface area contributed by atoms with E-state index in [1.807, 2.05) is 23.5 Å². The molecule has 2 aliphatic heterocycles. The highest BCUT2D eigenvalue weighted by Gasteiger charge is 2.42. The molecule has 27 heavy (non-hydrogen) atoms. The average Bonchev–Trinajstić information content (AvgIpc) is 3.04. The topological polar surface area (TPSA) is 53.8 Å². The van der Waals surface area contributed by atoms with E-state index in [9.17, 15) is 4.79 Å². The molecule has 1 amide bonds. The van der Waals surface area contributed by atoms with Crippen LogP contribution in [0.15, 0.2) is 25.2 Å². The standard InChI is InChI=1S/C20H33N5O2/c1-4-8-24-9-7-20(6-5-19(24)26)16-23(11-10-22(20)2)15-18-14-21-17-25(18)12-13-27-3/h4,14,17H,1,5-13,15-16H2,2-3H3. The second-order valence-corrected chi connectivity index (χ2v) is 7.81. The van der Waals surface area contributed by atoms with Gasteiger partial charge < -0.3 is 14.2 Å². The molecule has 2 fully saturated rings. The summed E-state index contributed by atoms with van der Waals surface area (Å²) in [6.45, 7) is 10.7. The molecule has 1 aromatic heterocycles. The lowest BCUT2D eigenvalue weighted by Crippen LogP contribution is -2.60. The molecule has 1 aromatic rings. The molecule has 7 heteroatoms. The highest BCUT2D eigenvalue weighted by atomic mass is 16.5. The van der Waals surface area contributed by atoms with E-state index >= 15 is 0 Å². The number of likely N-dealkylation sites (tertiary alicyclic amines) is 1. The second kappa shape index (κ2) is 8.99. The summed E-state index contributed by atoms with van der Waals surface area (Å²) in [4.78, 5) is 23.7. The van der Waals surface area contributed by atoms with Crippen molar-refractivity contribution in [2.24, 2.45) is 0 Å². The number of amides is 1. The van der Waals surface area contributed by atoms with Gasteiger partial charge >= 0.3 is 0 Å². The SMILES string of the molecule is C=CCN1CCC2(CCC1=O)CN(Cc1cncn1CCOC)CCN2C. The van der Waals surface area contributed by atoms with Crippen molar-refractivity contribution in [3.05, 3.63) is 30.9 Å². The number of hydrogen-bond acceptors (Lipinski definition) is 5. The van der Waals surface area contributed by atoms with Crippen molar-refractivity contribution in [3.63, 3.8) is 0 Å². The number of ether oxygens (including phenoxy) is 1. The summed E-state index contributed by atoms with van der Waals surface area (Å²) in [5.74, 6) is 0.259. The lowest BCUT2D eigenvalue weighted by atomic mass is 9.86. The number of rotatable bonds is 7. The van der Waals surface area contributed by atoms with Crippen LogP contribution in [0.5, 0.6) is 0 Å². The van der Waals surface area contributed by atoms with E-state index in [1.165, 1.54) is 5.69 Å². The zero-order chi connectivity index (χ0) is 19.3. The summed E-state index contributed by atoms with van der Waals surface area (Å²) < 4.78 is 7.38. The van der Waals surface area contributed by atoms with Gasteiger partial charge in [0.2, 0.25) is 5.91 Å². The maximum absolute atomic E-state index is 12.4. The van der Waals surface area contributed by atoms with Crippen LogP contribution < -0.4 is 0 Å². The fraction of sp³-hybridized carbons (Fsp3) is 0.700. The lowest BCUT2D eigenvalue weighted by Gasteiger charge is -2.49. The van der Waals surface area contributed by atoms with Crippen LogP contribution in [0.25, 0.3) is 0 Å². The molecule has 1 unspecified atom stereocenters. The van der Waals surface area contributed by atoms with E-state index in [0.29, 0.717) is 19.6 Å². The fourth-order valence-corrected chi connectivity index (χ4v) is 4.36. The van der Waals surface area contributed by atoms with Crippen molar-refractivity contribution in [2.45, 2.75) is 37.9 Å². The average molecular weight is 376 g/mol. The van der Waals surface area contributed by atoms with E-state index in [2.05, 4.69) is 33.0 Å². The Balaban J connectivity index is 1.68.